The van der Waals surface area contributed by atoms with E-state index in [2.05, 4.69) is 0 Å². The van der Waals surface area contributed by atoms with Crippen LogP contribution in [0, 0.1) is 5.92 Å². The summed E-state index contributed by atoms with van der Waals surface area (Å²) >= 11 is 0. The summed E-state index contributed by atoms with van der Waals surface area (Å²) in [5.74, 6) is 0.318. The van der Waals surface area contributed by atoms with Gasteiger partial charge in [-0.1, -0.05) is 19.3 Å². The molecule has 1 aliphatic heterocycles. The Balaban J connectivity index is 1.81. The van der Waals surface area contributed by atoms with Crippen LogP contribution in [0.2, 0.25) is 0 Å². The summed E-state index contributed by atoms with van der Waals surface area (Å²) in [7, 11) is 1.74. The second kappa shape index (κ2) is 7.07. The minimum atomic E-state index is -0.433. The molecule has 2 amide bonds. The molecule has 2 rings (SSSR count). The summed E-state index contributed by atoms with van der Waals surface area (Å²) in [5.41, 5.74) is 0. The lowest BCUT2D eigenvalue weighted by Crippen LogP contribution is -2.49. The average molecular weight is 282 g/mol. The van der Waals surface area contributed by atoms with Gasteiger partial charge in [0.05, 0.1) is 0 Å². The van der Waals surface area contributed by atoms with Gasteiger partial charge in [-0.2, -0.15) is 0 Å². The molecule has 1 N–H and O–H groups in total. The maximum atomic E-state index is 12.4. The number of likely N-dealkylation sites (N-methyl/N-ethyl adjacent to an activating group) is 1. The molecule has 5 heteroatoms. The lowest BCUT2D eigenvalue weighted by molar-refractivity contribution is -0.140. The van der Waals surface area contributed by atoms with E-state index in [4.69, 9.17) is 5.11 Å². The molecule has 114 valence electrons. The Morgan fingerprint density at radius 1 is 1.10 bits per heavy atom. The molecule has 1 aliphatic carbocycles. The predicted octanol–water partition coefficient (Wildman–Crippen LogP) is 1.01. The molecule has 2 fully saturated rings. The second-order valence-corrected chi connectivity index (χ2v) is 6.05. The van der Waals surface area contributed by atoms with E-state index in [0.717, 1.165) is 38.8 Å². The van der Waals surface area contributed by atoms with Gasteiger partial charge in [0, 0.05) is 32.1 Å². The quantitative estimate of drug-likeness (QED) is 0.840. The number of aliphatic hydroxyl groups is 1. The molecule has 0 aromatic rings. The third-order valence-electron chi connectivity index (χ3n) is 4.81. The summed E-state index contributed by atoms with van der Waals surface area (Å²) in [6, 6.07) is 0.157. The van der Waals surface area contributed by atoms with E-state index in [0.29, 0.717) is 5.91 Å². The van der Waals surface area contributed by atoms with Crippen LogP contribution >= 0.6 is 0 Å². The van der Waals surface area contributed by atoms with Crippen molar-refractivity contribution in [1.82, 2.24) is 9.80 Å². The Morgan fingerprint density at radius 3 is 2.25 bits per heavy atom. The standard InChI is InChI=1S/C15H26N2O3/c1-16(14(19)11-18)13-7-9-17(10-8-13)15(20)12-5-3-2-4-6-12/h12-13,18H,2-11H2,1H3. The number of rotatable bonds is 3. The Bertz CT molecular complexity index is 345. The first kappa shape index (κ1) is 15.3. The highest BCUT2D eigenvalue weighted by atomic mass is 16.3. The molecular weight excluding hydrogens is 256 g/mol. The number of hydrogen-bond acceptors (Lipinski definition) is 3. The van der Waals surface area contributed by atoms with Crippen LogP contribution in [-0.4, -0.2) is 59.5 Å². The average Bonchev–Trinajstić information content (AvgIpc) is 2.53. The predicted molar refractivity (Wildman–Crippen MR) is 76.0 cm³/mol. The van der Waals surface area contributed by atoms with E-state index >= 15 is 0 Å². The van der Waals surface area contributed by atoms with Gasteiger partial charge in [-0.25, -0.2) is 0 Å². The number of likely N-dealkylation sites (tertiary alicyclic amines) is 1. The van der Waals surface area contributed by atoms with E-state index in [1.54, 1.807) is 11.9 Å². The van der Waals surface area contributed by atoms with Gasteiger partial charge in [0.25, 0.3) is 0 Å². The smallest absolute Gasteiger partial charge is 0.248 e. The van der Waals surface area contributed by atoms with Crippen molar-refractivity contribution in [2.24, 2.45) is 5.92 Å². The normalized spacial score (nSPS) is 21.8. The molecule has 0 aromatic heterocycles. The lowest BCUT2D eigenvalue weighted by atomic mass is 9.87. The molecule has 0 radical (unpaired) electrons. The summed E-state index contributed by atoms with van der Waals surface area (Å²) in [6.07, 6.45) is 7.35. The van der Waals surface area contributed by atoms with Gasteiger partial charge >= 0.3 is 0 Å². The number of hydrogen-bond donors (Lipinski definition) is 1. The molecule has 0 spiro atoms. The van der Waals surface area contributed by atoms with Gasteiger partial charge < -0.3 is 14.9 Å². The number of nitrogens with zero attached hydrogens (tertiary/aromatic N) is 2. The van der Waals surface area contributed by atoms with Crippen LogP contribution in [-0.2, 0) is 9.59 Å². The Morgan fingerprint density at radius 2 is 1.70 bits per heavy atom. The van der Waals surface area contributed by atoms with Crippen LogP contribution in [0.5, 0.6) is 0 Å². The SMILES string of the molecule is CN(C(=O)CO)C1CCN(C(=O)C2CCCCC2)CC1. The molecule has 1 heterocycles. The maximum absolute atomic E-state index is 12.4. The van der Waals surface area contributed by atoms with E-state index in [1.165, 1.54) is 19.3 Å². The van der Waals surface area contributed by atoms with Gasteiger partial charge in [-0.3, -0.25) is 9.59 Å². The van der Waals surface area contributed by atoms with Crippen molar-refractivity contribution in [1.29, 1.82) is 0 Å². The van der Waals surface area contributed by atoms with Crippen LogP contribution in [0.15, 0.2) is 0 Å². The Labute approximate surface area is 120 Å². The highest BCUT2D eigenvalue weighted by Gasteiger charge is 2.31. The molecule has 2 aliphatic rings. The zero-order valence-electron chi connectivity index (χ0n) is 12.4. The third-order valence-corrected chi connectivity index (χ3v) is 4.81. The zero-order valence-corrected chi connectivity index (χ0v) is 12.4. The molecule has 0 bridgehead atoms. The van der Waals surface area contributed by atoms with Crippen LogP contribution in [0.3, 0.4) is 0 Å². The summed E-state index contributed by atoms with van der Waals surface area (Å²) in [5, 5.41) is 8.89. The summed E-state index contributed by atoms with van der Waals surface area (Å²) in [6.45, 7) is 1.05. The van der Waals surface area contributed by atoms with E-state index in [-0.39, 0.29) is 17.9 Å². The van der Waals surface area contributed by atoms with E-state index in [1.807, 2.05) is 4.90 Å². The minimum absolute atomic E-state index is 0.157. The van der Waals surface area contributed by atoms with Crippen LogP contribution in [0.4, 0.5) is 0 Å². The van der Waals surface area contributed by atoms with Crippen LogP contribution in [0.25, 0.3) is 0 Å². The van der Waals surface area contributed by atoms with E-state index < -0.39 is 6.61 Å². The number of amides is 2. The number of piperidine rings is 1. The number of carbonyl (C=O) groups is 2. The molecule has 0 atom stereocenters. The van der Waals surface area contributed by atoms with Crippen LogP contribution in [0.1, 0.15) is 44.9 Å². The fourth-order valence-corrected chi connectivity index (χ4v) is 3.40. The van der Waals surface area contributed by atoms with Crippen molar-refractivity contribution < 1.29 is 14.7 Å². The summed E-state index contributed by atoms with van der Waals surface area (Å²) in [4.78, 5) is 27.5. The van der Waals surface area contributed by atoms with Gasteiger partial charge in [0.15, 0.2) is 0 Å². The first-order chi connectivity index (χ1) is 9.63. The van der Waals surface area contributed by atoms with E-state index in [9.17, 15) is 9.59 Å². The number of carbonyl (C=O) groups excluding carboxylic acids is 2. The largest absolute Gasteiger partial charge is 0.387 e. The fourth-order valence-electron chi connectivity index (χ4n) is 3.40. The second-order valence-electron chi connectivity index (χ2n) is 6.05. The van der Waals surface area contributed by atoms with Crippen molar-refractivity contribution in [2.75, 3.05) is 26.7 Å². The van der Waals surface area contributed by atoms with Gasteiger partial charge in [0.1, 0.15) is 6.61 Å². The molecule has 20 heavy (non-hydrogen) atoms. The van der Waals surface area contributed by atoms with Gasteiger partial charge in [0.2, 0.25) is 11.8 Å². The highest BCUT2D eigenvalue weighted by Crippen LogP contribution is 2.27. The van der Waals surface area contributed by atoms with Crippen LogP contribution < -0.4 is 0 Å². The van der Waals surface area contributed by atoms with Crippen molar-refractivity contribution in [2.45, 2.75) is 51.0 Å². The Hall–Kier alpha value is -1.10. The van der Waals surface area contributed by atoms with Gasteiger partial charge in [-0.05, 0) is 25.7 Å². The molecule has 1 saturated heterocycles. The van der Waals surface area contributed by atoms with Crippen molar-refractivity contribution in [3.8, 4) is 0 Å². The summed E-state index contributed by atoms with van der Waals surface area (Å²) < 4.78 is 0. The first-order valence-corrected chi connectivity index (χ1v) is 7.78. The van der Waals surface area contributed by atoms with Crippen molar-refractivity contribution in [3.63, 3.8) is 0 Å². The zero-order chi connectivity index (χ0) is 14.5. The van der Waals surface area contributed by atoms with Gasteiger partial charge in [-0.15, -0.1) is 0 Å². The molecule has 0 aromatic carbocycles. The minimum Gasteiger partial charge on any atom is -0.387 e. The lowest BCUT2D eigenvalue weighted by Gasteiger charge is -2.38. The van der Waals surface area contributed by atoms with Crippen molar-refractivity contribution >= 4 is 11.8 Å². The highest BCUT2D eigenvalue weighted by molar-refractivity contribution is 5.79. The first-order valence-electron chi connectivity index (χ1n) is 7.78. The number of aliphatic hydroxyl groups excluding tert-OH is 1. The molecule has 1 saturated carbocycles. The maximum Gasteiger partial charge on any atom is 0.248 e. The van der Waals surface area contributed by atoms with Crippen molar-refractivity contribution in [3.05, 3.63) is 0 Å². The topological polar surface area (TPSA) is 60.9 Å². The fraction of sp³-hybridized carbons (Fsp3) is 0.867. The molecular formula is C15H26N2O3. The third kappa shape index (κ3) is 3.51. The molecule has 0 unspecified atom stereocenters. The Kier molecular flexibility index (Phi) is 5.40. The monoisotopic (exact) mass is 282 g/mol. The molecule has 5 nitrogen and oxygen atoms in total.